The number of fused-ring (bicyclic) bond motifs is 1. The number of carbonyl (C=O) groups excluding carboxylic acids is 2. The van der Waals surface area contributed by atoms with Crippen molar-refractivity contribution in [2.45, 2.75) is 45.6 Å². The Morgan fingerprint density at radius 3 is 2.72 bits per heavy atom. The Morgan fingerprint density at radius 1 is 1.17 bits per heavy atom. The number of nitrogens with zero attached hydrogens (tertiary/aromatic N) is 1. The molecule has 7 heteroatoms. The van der Waals surface area contributed by atoms with E-state index in [1.807, 2.05) is 26.0 Å². The number of aromatic nitrogens is 1. The van der Waals surface area contributed by atoms with Gasteiger partial charge in [-0.05, 0) is 69.4 Å². The van der Waals surface area contributed by atoms with Crippen LogP contribution in [0.1, 0.15) is 68.5 Å². The first-order valence-electron chi connectivity index (χ1n) is 9.76. The zero-order valence-electron chi connectivity index (χ0n) is 16.5. The molecule has 0 aromatic carbocycles. The maximum Gasteiger partial charge on any atom is 0.257 e. The van der Waals surface area contributed by atoms with Crippen molar-refractivity contribution in [2.75, 3.05) is 5.32 Å². The second kappa shape index (κ2) is 8.21. The number of nitrogens with one attached hydrogen (secondary N) is 2. The summed E-state index contributed by atoms with van der Waals surface area (Å²) in [6.07, 6.45) is 7.09. The molecule has 6 nitrogen and oxygen atoms in total. The number of hydrogen-bond donors (Lipinski definition) is 2. The van der Waals surface area contributed by atoms with Gasteiger partial charge in [0.2, 0.25) is 0 Å². The highest BCUT2D eigenvalue weighted by atomic mass is 32.1. The molecule has 0 aliphatic heterocycles. The first-order valence-corrected chi connectivity index (χ1v) is 10.6. The van der Waals surface area contributed by atoms with Crippen LogP contribution in [0.4, 0.5) is 5.00 Å². The molecule has 1 atom stereocenters. The molecule has 4 rings (SSSR count). The summed E-state index contributed by atoms with van der Waals surface area (Å²) in [5.41, 5.74) is 2.10. The van der Waals surface area contributed by atoms with E-state index in [0.717, 1.165) is 37.0 Å². The lowest BCUT2D eigenvalue weighted by Crippen LogP contribution is -2.28. The van der Waals surface area contributed by atoms with Crippen LogP contribution in [0.3, 0.4) is 0 Å². The number of pyridine rings is 1. The normalized spacial score (nSPS) is 14.1. The average molecular weight is 410 g/mol. The molecule has 29 heavy (non-hydrogen) atoms. The van der Waals surface area contributed by atoms with Gasteiger partial charge in [0.05, 0.1) is 17.2 Å². The van der Waals surface area contributed by atoms with Crippen LogP contribution in [0.5, 0.6) is 0 Å². The zero-order chi connectivity index (χ0) is 20.4. The predicted molar refractivity (Wildman–Crippen MR) is 112 cm³/mol. The Morgan fingerprint density at radius 2 is 2.00 bits per heavy atom. The lowest BCUT2D eigenvalue weighted by molar-refractivity contribution is 0.0935. The smallest absolute Gasteiger partial charge is 0.257 e. The number of carbonyl (C=O) groups is 2. The molecule has 3 aromatic rings. The van der Waals surface area contributed by atoms with E-state index in [-0.39, 0.29) is 17.9 Å². The van der Waals surface area contributed by atoms with Gasteiger partial charge < -0.3 is 15.1 Å². The summed E-state index contributed by atoms with van der Waals surface area (Å²) in [6, 6.07) is 6.90. The number of thiophene rings is 1. The quantitative estimate of drug-likeness (QED) is 0.641. The lowest BCUT2D eigenvalue weighted by Gasteiger charge is -2.16. The van der Waals surface area contributed by atoms with Crippen molar-refractivity contribution in [2.24, 2.45) is 0 Å². The van der Waals surface area contributed by atoms with E-state index in [4.69, 9.17) is 4.42 Å². The lowest BCUT2D eigenvalue weighted by atomic mass is 9.95. The summed E-state index contributed by atoms with van der Waals surface area (Å²) in [6.45, 7) is 3.77. The van der Waals surface area contributed by atoms with E-state index in [1.165, 1.54) is 22.4 Å². The van der Waals surface area contributed by atoms with Crippen LogP contribution < -0.4 is 10.6 Å². The van der Waals surface area contributed by atoms with E-state index in [9.17, 15) is 9.59 Å². The molecule has 1 unspecified atom stereocenters. The van der Waals surface area contributed by atoms with Crippen molar-refractivity contribution >= 4 is 28.2 Å². The first-order chi connectivity index (χ1) is 14.0. The van der Waals surface area contributed by atoms with Crippen molar-refractivity contribution in [3.63, 3.8) is 0 Å². The highest BCUT2D eigenvalue weighted by molar-refractivity contribution is 7.17. The van der Waals surface area contributed by atoms with Crippen LogP contribution in [0.15, 0.2) is 41.1 Å². The summed E-state index contributed by atoms with van der Waals surface area (Å²) in [5.74, 6) is 1.06. The minimum absolute atomic E-state index is 0.188. The highest BCUT2D eigenvalue weighted by Crippen LogP contribution is 2.38. The van der Waals surface area contributed by atoms with Crippen LogP contribution in [-0.2, 0) is 12.8 Å². The molecule has 150 valence electrons. The van der Waals surface area contributed by atoms with E-state index >= 15 is 0 Å². The molecule has 0 saturated heterocycles. The number of rotatable bonds is 5. The van der Waals surface area contributed by atoms with Crippen LogP contribution in [0, 0.1) is 6.92 Å². The molecule has 1 aliphatic rings. The van der Waals surface area contributed by atoms with Gasteiger partial charge in [-0.2, -0.15) is 0 Å². The average Bonchev–Trinajstić information content (AvgIpc) is 3.31. The van der Waals surface area contributed by atoms with E-state index < -0.39 is 0 Å². The van der Waals surface area contributed by atoms with Gasteiger partial charge in [0.15, 0.2) is 0 Å². The Kier molecular flexibility index (Phi) is 5.49. The van der Waals surface area contributed by atoms with E-state index in [2.05, 4.69) is 15.6 Å². The van der Waals surface area contributed by atoms with Gasteiger partial charge in [0.1, 0.15) is 16.5 Å². The molecule has 0 saturated carbocycles. The third kappa shape index (κ3) is 4.10. The predicted octanol–water partition coefficient (Wildman–Crippen LogP) is 4.67. The Labute approximate surface area is 173 Å². The van der Waals surface area contributed by atoms with E-state index in [1.54, 1.807) is 18.3 Å². The molecule has 3 aromatic heterocycles. The van der Waals surface area contributed by atoms with Crippen molar-refractivity contribution in [1.82, 2.24) is 10.3 Å². The Balaban J connectivity index is 1.61. The fourth-order valence-electron chi connectivity index (χ4n) is 3.59. The minimum Gasteiger partial charge on any atom is -0.464 e. The third-order valence-corrected chi connectivity index (χ3v) is 6.29. The highest BCUT2D eigenvalue weighted by Gasteiger charge is 2.27. The fraction of sp³-hybridized carbons (Fsp3) is 0.318. The molecular formula is C22H23N3O3S. The van der Waals surface area contributed by atoms with Crippen molar-refractivity contribution in [3.05, 3.63) is 69.7 Å². The van der Waals surface area contributed by atoms with Crippen LogP contribution >= 0.6 is 11.3 Å². The van der Waals surface area contributed by atoms with Gasteiger partial charge in [-0.15, -0.1) is 11.3 Å². The number of aryl methyl sites for hydroxylation is 2. The number of hydrogen-bond acceptors (Lipinski definition) is 5. The van der Waals surface area contributed by atoms with Gasteiger partial charge in [-0.3, -0.25) is 14.6 Å². The van der Waals surface area contributed by atoms with E-state index in [0.29, 0.717) is 21.9 Å². The Hall–Kier alpha value is -2.93. The summed E-state index contributed by atoms with van der Waals surface area (Å²) in [4.78, 5) is 31.0. The maximum atomic E-state index is 13.2. The number of furan rings is 1. The molecule has 2 N–H and O–H groups in total. The summed E-state index contributed by atoms with van der Waals surface area (Å²) >= 11 is 1.50. The second-order valence-corrected chi connectivity index (χ2v) is 8.36. The van der Waals surface area contributed by atoms with Gasteiger partial charge in [0, 0.05) is 17.3 Å². The van der Waals surface area contributed by atoms with Crippen LogP contribution in [-0.4, -0.2) is 16.8 Å². The fourth-order valence-corrected chi connectivity index (χ4v) is 4.87. The molecule has 0 spiro atoms. The molecular weight excluding hydrogens is 386 g/mol. The maximum absolute atomic E-state index is 13.2. The van der Waals surface area contributed by atoms with Crippen LogP contribution in [0.25, 0.3) is 0 Å². The monoisotopic (exact) mass is 409 g/mol. The topological polar surface area (TPSA) is 84.2 Å². The largest absolute Gasteiger partial charge is 0.464 e. The standard InChI is InChI=1S/C22H23N3O3S/c1-13-9-10-17(28-13)14(2)24-21(27)19-16-7-3-4-8-18(16)29-22(19)25-20(26)15-6-5-11-23-12-15/h5-6,9-12,14H,3-4,7-8H2,1-2H3,(H,24,27)(H,25,26). The zero-order valence-corrected chi connectivity index (χ0v) is 17.3. The van der Waals surface area contributed by atoms with Gasteiger partial charge in [0.25, 0.3) is 11.8 Å². The van der Waals surface area contributed by atoms with Gasteiger partial charge in [-0.25, -0.2) is 0 Å². The molecule has 0 bridgehead atoms. The SMILES string of the molecule is Cc1ccc(C(C)NC(=O)c2c(NC(=O)c3cccnc3)sc3c2CCCC3)o1. The van der Waals surface area contributed by atoms with Crippen LogP contribution in [0.2, 0.25) is 0 Å². The molecule has 0 radical (unpaired) electrons. The third-order valence-electron chi connectivity index (χ3n) is 5.08. The number of amides is 2. The van der Waals surface area contributed by atoms with Gasteiger partial charge in [-0.1, -0.05) is 0 Å². The summed E-state index contributed by atoms with van der Waals surface area (Å²) in [7, 11) is 0. The minimum atomic E-state index is -0.266. The second-order valence-electron chi connectivity index (χ2n) is 7.25. The van der Waals surface area contributed by atoms with Crippen molar-refractivity contribution in [1.29, 1.82) is 0 Å². The number of anilines is 1. The molecule has 3 heterocycles. The Bertz CT molecular complexity index is 1040. The first kappa shape index (κ1) is 19.4. The molecule has 1 aliphatic carbocycles. The molecule has 2 amide bonds. The summed E-state index contributed by atoms with van der Waals surface area (Å²) < 4.78 is 5.64. The van der Waals surface area contributed by atoms with Crippen molar-refractivity contribution < 1.29 is 14.0 Å². The molecule has 0 fully saturated rings. The van der Waals surface area contributed by atoms with Crippen molar-refractivity contribution in [3.8, 4) is 0 Å². The summed E-state index contributed by atoms with van der Waals surface area (Å²) in [5, 5.41) is 6.57. The van der Waals surface area contributed by atoms with Gasteiger partial charge >= 0.3 is 0 Å².